The number of nitrogens with one attached hydrogen (secondary N) is 1. The number of ether oxygens (including phenoxy) is 2. The van der Waals surface area contributed by atoms with Gasteiger partial charge < -0.3 is 24.6 Å². The van der Waals surface area contributed by atoms with Gasteiger partial charge in [-0.25, -0.2) is 18.2 Å². The van der Waals surface area contributed by atoms with Crippen molar-refractivity contribution in [2.45, 2.75) is 5.92 Å². The Kier molecular flexibility index (Phi) is 6.70. The molecule has 1 N–H and O–H groups in total. The molecule has 2 fully saturated rings. The molecular weight excluding hydrogens is 469 g/mol. The van der Waals surface area contributed by atoms with Gasteiger partial charge in [0.1, 0.15) is 12.4 Å². The Bertz CT molecular complexity index is 1240. The van der Waals surface area contributed by atoms with Crippen LogP contribution in [0.3, 0.4) is 0 Å². The summed E-state index contributed by atoms with van der Waals surface area (Å²) >= 11 is 0. The molecule has 0 aliphatic carbocycles. The minimum Gasteiger partial charge on any atom is -0.494 e. The largest absolute Gasteiger partial charge is 0.494 e. The van der Waals surface area contributed by atoms with Crippen LogP contribution in [0.2, 0.25) is 0 Å². The van der Waals surface area contributed by atoms with Crippen LogP contribution in [0.15, 0.2) is 42.5 Å². The summed E-state index contributed by atoms with van der Waals surface area (Å²) in [5, 5.41) is 3.62. The predicted molar refractivity (Wildman–Crippen MR) is 135 cm³/mol. The molecule has 3 aromatic rings. The van der Waals surface area contributed by atoms with Crippen molar-refractivity contribution < 1.29 is 22.6 Å². The van der Waals surface area contributed by atoms with E-state index in [0.717, 1.165) is 17.9 Å². The Labute approximate surface area is 209 Å². The first-order chi connectivity index (χ1) is 17.3. The van der Waals surface area contributed by atoms with E-state index in [0.29, 0.717) is 42.0 Å². The molecule has 192 valence electrons. The third-order valence-electron chi connectivity index (χ3n) is 7.18. The SMILES string of the molecule is CNCCOc1ccc(-c2cc(N3CC4CN(C)CC(F)(F)C4C3)c3cc(F)c(OC)cc3n2)cc1. The van der Waals surface area contributed by atoms with Crippen LogP contribution < -0.4 is 19.7 Å². The van der Waals surface area contributed by atoms with Gasteiger partial charge in [-0.1, -0.05) is 0 Å². The number of likely N-dealkylation sites (tertiary alicyclic amines) is 1. The van der Waals surface area contributed by atoms with Crippen LogP contribution in [0.25, 0.3) is 22.2 Å². The highest BCUT2D eigenvalue weighted by atomic mass is 19.3. The Hall–Kier alpha value is -3.04. The van der Waals surface area contributed by atoms with Gasteiger partial charge in [0.2, 0.25) is 0 Å². The summed E-state index contributed by atoms with van der Waals surface area (Å²) < 4.78 is 55.4. The van der Waals surface area contributed by atoms with Crippen molar-refractivity contribution in [3.63, 3.8) is 0 Å². The molecule has 1 aromatic heterocycles. The zero-order valence-electron chi connectivity index (χ0n) is 20.7. The van der Waals surface area contributed by atoms with Crippen LogP contribution in [0.1, 0.15) is 0 Å². The smallest absolute Gasteiger partial charge is 0.265 e. The van der Waals surface area contributed by atoms with Crippen LogP contribution in [0.5, 0.6) is 11.5 Å². The molecule has 0 saturated carbocycles. The van der Waals surface area contributed by atoms with Crippen molar-refractivity contribution in [3.8, 4) is 22.8 Å². The number of methoxy groups -OCH3 is 1. The first-order valence-corrected chi connectivity index (χ1v) is 12.2. The second-order valence-corrected chi connectivity index (χ2v) is 9.74. The molecule has 2 aliphatic rings. The van der Waals surface area contributed by atoms with Crippen LogP contribution in [0, 0.1) is 17.7 Å². The maximum Gasteiger partial charge on any atom is 0.265 e. The Morgan fingerprint density at radius 1 is 1.11 bits per heavy atom. The van der Waals surface area contributed by atoms with Crippen molar-refractivity contribution in [2.24, 2.45) is 11.8 Å². The molecule has 0 radical (unpaired) electrons. The van der Waals surface area contributed by atoms with Gasteiger partial charge in [-0.3, -0.25) is 0 Å². The number of benzene rings is 2. The van der Waals surface area contributed by atoms with Crippen LogP contribution >= 0.6 is 0 Å². The van der Waals surface area contributed by atoms with E-state index in [1.165, 1.54) is 13.2 Å². The van der Waals surface area contributed by atoms with Gasteiger partial charge in [0.25, 0.3) is 5.92 Å². The molecule has 2 aromatic carbocycles. The monoisotopic (exact) mass is 500 g/mol. The summed E-state index contributed by atoms with van der Waals surface area (Å²) in [6.07, 6.45) is 0. The standard InChI is InChI=1S/C27H31F3N4O2/c1-31-8-9-36-19-6-4-17(5-7-19)23-11-25(20-10-22(28)26(35-3)12-24(20)32-23)34-14-18-13-33(2)16-27(29,30)21(18)15-34/h4-7,10-12,18,21,31H,8-9,13-16H2,1-3H3. The van der Waals surface area contributed by atoms with E-state index >= 15 is 0 Å². The summed E-state index contributed by atoms with van der Waals surface area (Å²) in [6, 6.07) is 12.4. The van der Waals surface area contributed by atoms with E-state index < -0.39 is 17.7 Å². The highest BCUT2D eigenvalue weighted by Crippen LogP contribution is 2.44. The normalized spacial score (nSPS) is 21.6. The van der Waals surface area contributed by atoms with Crippen molar-refractivity contribution in [1.29, 1.82) is 0 Å². The fourth-order valence-corrected chi connectivity index (χ4v) is 5.44. The van der Waals surface area contributed by atoms with Gasteiger partial charge in [-0.05, 0) is 56.4 Å². The second-order valence-electron chi connectivity index (χ2n) is 9.74. The summed E-state index contributed by atoms with van der Waals surface area (Å²) in [5.74, 6) is -3.34. The number of anilines is 1. The number of fused-ring (bicyclic) bond motifs is 2. The topological polar surface area (TPSA) is 49.9 Å². The first kappa shape index (κ1) is 24.6. The van der Waals surface area contributed by atoms with Crippen LogP contribution in [-0.4, -0.2) is 76.3 Å². The van der Waals surface area contributed by atoms with Gasteiger partial charge in [-0.2, -0.15) is 0 Å². The van der Waals surface area contributed by atoms with E-state index in [4.69, 9.17) is 14.5 Å². The average Bonchev–Trinajstić information content (AvgIpc) is 3.28. The number of pyridine rings is 1. The van der Waals surface area contributed by atoms with Crippen LogP contribution in [-0.2, 0) is 0 Å². The molecular formula is C27H31F3N4O2. The third kappa shape index (κ3) is 4.69. The summed E-state index contributed by atoms with van der Waals surface area (Å²) in [7, 11) is 5.01. The second kappa shape index (κ2) is 9.78. The van der Waals surface area contributed by atoms with Crippen molar-refractivity contribution in [3.05, 3.63) is 48.3 Å². The number of aromatic nitrogens is 1. The molecule has 36 heavy (non-hydrogen) atoms. The third-order valence-corrected chi connectivity index (χ3v) is 7.18. The quantitative estimate of drug-likeness (QED) is 0.489. The summed E-state index contributed by atoms with van der Waals surface area (Å²) in [4.78, 5) is 8.45. The number of piperidine rings is 1. The van der Waals surface area contributed by atoms with E-state index in [9.17, 15) is 13.2 Å². The highest BCUT2D eigenvalue weighted by molar-refractivity contribution is 5.95. The van der Waals surface area contributed by atoms with E-state index in [1.54, 1.807) is 18.0 Å². The maximum atomic E-state index is 14.9. The minimum atomic E-state index is -2.77. The molecule has 0 spiro atoms. The number of nitrogens with zero attached hydrogens (tertiary/aromatic N) is 3. The number of likely N-dealkylation sites (N-methyl/N-ethyl adjacent to an activating group) is 1. The number of hydrogen-bond donors (Lipinski definition) is 1. The molecule has 2 atom stereocenters. The summed E-state index contributed by atoms with van der Waals surface area (Å²) in [5.41, 5.74) is 2.78. The maximum absolute atomic E-state index is 14.9. The van der Waals surface area contributed by atoms with Gasteiger partial charge in [0, 0.05) is 54.8 Å². The zero-order chi connectivity index (χ0) is 25.4. The lowest BCUT2D eigenvalue weighted by molar-refractivity contribution is -0.114. The molecule has 6 nitrogen and oxygen atoms in total. The molecule has 2 saturated heterocycles. The molecule has 0 amide bonds. The van der Waals surface area contributed by atoms with Crippen molar-refractivity contribution >= 4 is 16.6 Å². The first-order valence-electron chi connectivity index (χ1n) is 12.2. The van der Waals surface area contributed by atoms with E-state index in [1.807, 2.05) is 42.3 Å². The highest BCUT2D eigenvalue weighted by Gasteiger charge is 2.53. The van der Waals surface area contributed by atoms with Gasteiger partial charge in [-0.15, -0.1) is 0 Å². The number of hydrogen-bond acceptors (Lipinski definition) is 6. The average molecular weight is 501 g/mol. The molecule has 5 rings (SSSR count). The number of alkyl halides is 2. The predicted octanol–water partition coefficient (Wildman–Crippen LogP) is 4.28. The van der Waals surface area contributed by atoms with Gasteiger partial charge in [0.15, 0.2) is 11.6 Å². The molecule has 2 unspecified atom stereocenters. The van der Waals surface area contributed by atoms with E-state index in [2.05, 4.69) is 5.32 Å². The summed E-state index contributed by atoms with van der Waals surface area (Å²) in [6.45, 7) is 2.37. The van der Waals surface area contributed by atoms with Gasteiger partial charge >= 0.3 is 0 Å². The Balaban J connectivity index is 1.54. The van der Waals surface area contributed by atoms with Crippen LogP contribution in [0.4, 0.5) is 18.9 Å². The Morgan fingerprint density at radius 3 is 2.61 bits per heavy atom. The number of halogens is 3. The fraction of sp³-hybridized carbons (Fsp3) is 0.444. The zero-order valence-corrected chi connectivity index (χ0v) is 20.7. The molecule has 2 aliphatic heterocycles. The lowest BCUT2D eigenvalue weighted by atomic mass is 9.86. The Morgan fingerprint density at radius 2 is 1.89 bits per heavy atom. The van der Waals surface area contributed by atoms with Crippen molar-refractivity contribution in [2.75, 3.05) is 65.4 Å². The minimum absolute atomic E-state index is 0.0923. The number of rotatable bonds is 7. The molecule has 3 heterocycles. The fourth-order valence-electron chi connectivity index (χ4n) is 5.44. The molecule has 0 bridgehead atoms. The lowest BCUT2D eigenvalue weighted by Crippen LogP contribution is -2.51. The van der Waals surface area contributed by atoms with E-state index in [-0.39, 0.29) is 24.8 Å². The molecule has 9 heteroatoms. The lowest BCUT2D eigenvalue weighted by Gasteiger charge is -2.37. The van der Waals surface area contributed by atoms with Crippen molar-refractivity contribution in [1.82, 2.24) is 15.2 Å². The van der Waals surface area contributed by atoms with Gasteiger partial charge in [0.05, 0.1) is 24.9 Å².